The number of halogens is 19. The molecule has 27 heteroatoms. The summed E-state index contributed by atoms with van der Waals surface area (Å²) in [5, 5.41) is 17.8. The summed E-state index contributed by atoms with van der Waals surface area (Å²) < 4.78 is 287. The van der Waals surface area contributed by atoms with E-state index in [-0.39, 0.29) is 71.9 Å². The number of phenols is 1. The van der Waals surface area contributed by atoms with Gasteiger partial charge in [0.2, 0.25) is 0 Å². The molecule has 1 saturated heterocycles. The second-order valence-electron chi connectivity index (χ2n) is 34.6. The molecule has 7 nitrogen and oxygen atoms in total. The molecule has 9 aromatic rings. The molecule has 2 N–H and O–H groups in total. The van der Waals surface area contributed by atoms with E-state index in [1.165, 1.54) is 99.0 Å². The predicted molar refractivity (Wildman–Crippen MR) is 454 cm³/mol. The first kappa shape index (κ1) is 102. The van der Waals surface area contributed by atoms with Gasteiger partial charge in [-0.15, -0.1) is 0 Å². The zero-order valence-electron chi connectivity index (χ0n) is 72.7. The van der Waals surface area contributed by atoms with Crippen LogP contribution in [0.25, 0.3) is 11.1 Å². The third kappa shape index (κ3) is 30.2. The predicted octanol–water partition coefficient (Wildman–Crippen LogP) is 28.0. The SMILES string of the molecule is CCCc1cc(F)c(O)c(F)c1.CCCc1cc(F)c(OCC2CCC(c3cc(F)c(-c4cc(F)c(F)c(F)c4)c(F)c3)CC2)c(F)c1.CCCc1cc(F)c(OCC2CCC(c3cc(F)cc(F)c3)CC2)c(F)c1.CCCc1cc(F)c(OCC2CCCCC2)c(F)c1.Cc1c(F)cc(B2OCC(C)(C)CO2)cc1F.OCC1CCC(c2cc(F)cc(F)c2)CC1. The fourth-order valence-corrected chi connectivity index (χ4v) is 16.7. The molecule has 14 rings (SSSR count). The number of aryl methyl sites for hydroxylation is 4. The Morgan fingerprint density at radius 3 is 0.953 bits per heavy atom. The standard InChI is InChI=1S/C28H25F7O.C22H24F4O.C16H22F2O.C13H16F2O.C12H15BF2O2.C9H10F2O/c1-2-3-16-8-24(33)28(25(34)9-16)36-14-15-4-6-17(7-5-15)18-10-20(29)26(21(30)11-18)19-12-22(31)27(35)23(32)13-19;1-2-3-15-8-20(25)22(21(26)9-15)27-13-14-4-6-16(7-5-14)17-10-18(23)12-19(24)11-17;1-2-6-13-9-14(17)16(15(18)10-13)19-11-12-7-4-3-5-8-12;14-12-5-11(6-13(15)7-12)10-3-1-9(8-16)2-4-10;1-8-10(14)4-9(5-11(8)15)13-16-6-12(2,3)7-17-13;1-2-3-6-4-7(10)9(12)8(11)5-6/h8-13,15,17H,2-7,14H2,1H3;8-12,14,16H,2-7,13H2,1H3;9-10,12H,2-8,11H2,1H3;5-7,9-10,16H,1-4,8H2;4-5H,6-7H2,1-3H3;4-5,12H,2-3H2,1H3. The van der Waals surface area contributed by atoms with Gasteiger partial charge in [-0.25, -0.2) is 83.4 Å². The maximum absolute atomic E-state index is 14.8. The van der Waals surface area contributed by atoms with E-state index < -0.39 is 140 Å². The molecule has 0 unspecified atom stereocenters. The highest BCUT2D eigenvalue weighted by atomic mass is 19.2. The van der Waals surface area contributed by atoms with Crippen molar-refractivity contribution in [1.29, 1.82) is 0 Å². The molecule has 1 heterocycles. The van der Waals surface area contributed by atoms with Crippen LogP contribution >= 0.6 is 0 Å². The summed E-state index contributed by atoms with van der Waals surface area (Å²) in [6.07, 6.45) is 20.9. The average Bonchev–Trinajstić information content (AvgIpc) is 0.782. The van der Waals surface area contributed by atoms with Crippen molar-refractivity contribution in [1.82, 2.24) is 0 Å². The number of hydrogen-bond donors (Lipinski definition) is 2. The van der Waals surface area contributed by atoms with E-state index in [0.29, 0.717) is 134 Å². The van der Waals surface area contributed by atoms with Crippen molar-refractivity contribution < 1.29 is 117 Å². The zero-order valence-corrected chi connectivity index (χ0v) is 72.7. The second-order valence-corrected chi connectivity index (χ2v) is 34.6. The molecule has 4 saturated carbocycles. The van der Waals surface area contributed by atoms with Crippen LogP contribution in [0.5, 0.6) is 23.0 Å². The van der Waals surface area contributed by atoms with Gasteiger partial charge in [0, 0.05) is 42.9 Å². The summed E-state index contributed by atoms with van der Waals surface area (Å²) in [7, 11) is -0.673. The van der Waals surface area contributed by atoms with Gasteiger partial charge in [0.25, 0.3) is 0 Å². The third-order valence-corrected chi connectivity index (χ3v) is 23.7. The first-order valence-electron chi connectivity index (χ1n) is 43.9. The van der Waals surface area contributed by atoms with Gasteiger partial charge in [0.1, 0.15) is 46.5 Å². The van der Waals surface area contributed by atoms with Crippen LogP contribution < -0.4 is 19.7 Å². The lowest BCUT2D eigenvalue weighted by molar-refractivity contribution is 0.0342. The Bertz CT molecular complexity index is 4830. The monoisotopic (exact) mass is 1800 g/mol. The van der Waals surface area contributed by atoms with Crippen molar-refractivity contribution in [3.63, 3.8) is 0 Å². The number of aliphatic hydroxyl groups is 1. The normalized spacial score (nSPS) is 18.6. The molecule has 0 radical (unpaired) electrons. The van der Waals surface area contributed by atoms with Gasteiger partial charge in [-0.3, -0.25) is 0 Å². The lowest BCUT2D eigenvalue weighted by Crippen LogP contribution is -2.47. The van der Waals surface area contributed by atoms with Gasteiger partial charge < -0.3 is 33.7 Å². The van der Waals surface area contributed by atoms with Gasteiger partial charge in [-0.1, -0.05) is 86.5 Å². The van der Waals surface area contributed by atoms with E-state index in [1.54, 1.807) is 0 Å². The average molecular weight is 1800 g/mol. The first-order valence-corrected chi connectivity index (χ1v) is 43.9. The fraction of sp³-hybridized carbons (Fsp3) is 0.460. The second kappa shape index (κ2) is 49.0. The summed E-state index contributed by atoms with van der Waals surface area (Å²) in [6, 6.07) is 23.6. The number of benzene rings is 9. The van der Waals surface area contributed by atoms with E-state index in [9.17, 15) is 83.4 Å². The summed E-state index contributed by atoms with van der Waals surface area (Å²) in [6.45, 7) is 15.2. The molecular weight excluding hydrogens is 1680 g/mol. The van der Waals surface area contributed by atoms with Crippen LogP contribution in [0.1, 0.15) is 239 Å². The van der Waals surface area contributed by atoms with Crippen LogP contribution in [0.15, 0.2) is 121 Å². The molecule has 0 spiro atoms. The molecule has 4 aliphatic carbocycles. The van der Waals surface area contributed by atoms with Gasteiger partial charge in [-0.05, 0) is 323 Å². The number of hydrogen-bond acceptors (Lipinski definition) is 7. The van der Waals surface area contributed by atoms with Gasteiger partial charge in [0.15, 0.2) is 87.0 Å². The molecule has 690 valence electrons. The molecule has 1 aliphatic heterocycles. The minimum atomic E-state index is -1.71. The topological polar surface area (TPSA) is 86.6 Å². The molecule has 0 atom stereocenters. The molecule has 5 fully saturated rings. The van der Waals surface area contributed by atoms with E-state index >= 15 is 0 Å². The van der Waals surface area contributed by atoms with Gasteiger partial charge >= 0.3 is 7.12 Å². The largest absolute Gasteiger partial charge is 0.503 e. The number of phenolic OH excluding ortho intramolecular Hbond substituents is 1. The summed E-state index contributed by atoms with van der Waals surface area (Å²) >= 11 is 0. The Morgan fingerprint density at radius 2 is 0.638 bits per heavy atom. The van der Waals surface area contributed by atoms with E-state index in [2.05, 4.69) is 0 Å². The molecular formula is C100H112BF19O7. The highest BCUT2D eigenvalue weighted by Crippen LogP contribution is 2.43. The van der Waals surface area contributed by atoms with Crippen molar-refractivity contribution in [3.05, 3.63) is 276 Å². The van der Waals surface area contributed by atoms with Crippen molar-refractivity contribution in [2.45, 2.75) is 227 Å². The van der Waals surface area contributed by atoms with Crippen LogP contribution in [0.3, 0.4) is 0 Å². The van der Waals surface area contributed by atoms with Gasteiger partial charge in [-0.2, -0.15) is 0 Å². The van der Waals surface area contributed by atoms with E-state index in [0.717, 1.165) is 132 Å². The number of rotatable bonds is 23. The maximum Gasteiger partial charge on any atom is 0.494 e. The minimum Gasteiger partial charge on any atom is -0.503 e. The number of aliphatic hydroxyl groups excluding tert-OH is 1. The number of ether oxygens (including phenoxy) is 3. The van der Waals surface area contributed by atoms with Crippen LogP contribution in [-0.2, 0) is 35.0 Å². The smallest absolute Gasteiger partial charge is 0.494 e. The van der Waals surface area contributed by atoms with E-state index in [4.69, 9.17) is 33.7 Å². The Hall–Kier alpha value is -9.21. The lowest BCUT2D eigenvalue weighted by Gasteiger charge is -2.33. The van der Waals surface area contributed by atoms with Crippen LogP contribution in [0, 0.1) is 147 Å². The molecule has 5 aliphatic rings. The molecule has 0 aromatic heterocycles. The first-order chi connectivity index (χ1) is 60.6. The van der Waals surface area contributed by atoms with Gasteiger partial charge in [0.05, 0.1) is 25.4 Å². The van der Waals surface area contributed by atoms with Crippen LogP contribution in [-0.4, -0.2) is 57.0 Å². The molecule has 127 heavy (non-hydrogen) atoms. The molecule has 9 aromatic carbocycles. The highest BCUT2D eigenvalue weighted by molar-refractivity contribution is 6.61. The fourth-order valence-electron chi connectivity index (χ4n) is 16.7. The Labute approximate surface area is 732 Å². The van der Waals surface area contributed by atoms with E-state index in [1.807, 2.05) is 41.5 Å². The van der Waals surface area contributed by atoms with Crippen molar-refractivity contribution >= 4 is 12.6 Å². The van der Waals surface area contributed by atoms with Crippen LogP contribution in [0.2, 0.25) is 0 Å². The minimum absolute atomic E-state index is 0.0184. The molecule has 0 bridgehead atoms. The maximum atomic E-state index is 14.8. The summed E-state index contributed by atoms with van der Waals surface area (Å²) in [5.41, 5.74) is 3.59. The van der Waals surface area contributed by atoms with Crippen molar-refractivity contribution in [2.24, 2.45) is 29.1 Å². The van der Waals surface area contributed by atoms with Crippen molar-refractivity contribution in [3.8, 4) is 34.1 Å². The number of aromatic hydroxyl groups is 1. The quantitative estimate of drug-likeness (QED) is 0.0375. The summed E-state index contributed by atoms with van der Waals surface area (Å²) in [4.78, 5) is 0. The Kier molecular flexibility index (Phi) is 39.2. The van der Waals surface area contributed by atoms with Crippen molar-refractivity contribution in [2.75, 3.05) is 39.6 Å². The van der Waals surface area contributed by atoms with Crippen LogP contribution in [0.4, 0.5) is 83.4 Å². The summed E-state index contributed by atoms with van der Waals surface area (Å²) in [5.74, 6) is -16.4. The Balaban J connectivity index is 0.000000179. The third-order valence-electron chi connectivity index (χ3n) is 23.7. The lowest BCUT2D eigenvalue weighted by atomic mass is 9.75. The zero-order chi connectivity index (χ0) is 92.3. The molecule has 0 amide bonds. The Morgan fingerprint density at radius 1 is 0.339 bits per heavy atom. The highest BCUT2D eigenvalue weighted by Gasteiger charge is 2.35.